The molecule has 2 aromatic carbocycles. The van der Waals surface area contributed by atoms with E-state index in [0.29, 0.717) is 10.0 Å². The fourth-order valence-electron chi connectivity index (χ4n) is 2.42. The van der Waals surface area contributed by atoms with Crippen LogP contribution >= 0.6 is 23.2 Å². The number of hydrogen-bond donors (Lipinski definition) is 1. The van der Waals surface area contributed by atoms with Crippen LogP contribution in [0.1, 0.15) is 11.6 Å². The fraction of sp³-hybridized carbons (Fsp3) is 0.133. The van der Waals surface area contributed by atoms with Crippen LogP contribution in [-0.4, -0.2) is 11.9 Å². The van der Waals surface area contributed by atoms with Crippen LogP contribution in [0.3, 0.4) is 0 Å². The van der Waals surface area contributed by atoms with Gasteiger partial charge in [0.25, 0.3) is 0 Å². The largest absolute Gasteiger partial charge is 0.318 e. The highest BCUT2D eigenvalue weighted by Crippen LogP contribution is 2.38. The first-order valence-corrected chi connectivity index (χ1v) is 6.93. The molecule has 102 valence electrons. The van der Waals surface area contributed by atoms with Crippen molar-refractivity contribution in [1.29, 1.82) is 0 Å². The summed E-state index contributed by atoms with van der Waals surface area (Å²) in [5.41, 5.74) is 7.71. The van der Waals surface area contributed by atoms with E-state index in [1.54, 1.807) is 29.2 Å². The van der Waals surface area contributed by atoms with Gasteiger partial charge in [0.05, 0.1) is 6.04 Å². The lowest BCUT2D eigenvalue weighted by Crippen LogP contribution is -2.63. The van der Waals surface area contributed by atoms with Gasteiger partial charge in [0.1, 0.15) is 6.04 Å². The molecule has 0 bridgehead atoms. The maximum atomic E-state index is 12.0. The van der Waals surface area contributed by atoms with Gasteiger partial charge in [-0.05, 0) is 42.0 Å². The molecular weight excluding hydrogens is 295 g/mol. The Morgan fingerprint density at radius 1 is 0.900 bits per heavy atom. The minimum atomic E-state index is -0.521. The molecule has 3 nitrogen and oxygen atoms in total. The second-order valence-corrected chi connectivity index (χ2v) is 5.58. The van der Waals surface area contributed by atoms with Gasteiger partial charge in [0, 0.05) is 15.7 Å². The van der Waals surface area contributed by atoms with Crippen LogP contribution in [0.25, 0.3) is 0 Å². The van der Waals surface area contributed by atoms with E-state index < -0.39 is 6.04 Å². The molecule has 2 aromatic rings. The Bertz CT molecular complexity index is 640. The number of nitrogens with two attached hydrogens (primary N) is 1. The van der Waals surface area contributed by atoms with E-state index in [9.17, 15) is 4.79 Å². The van der Waals surface area contributed by atoms with Crippen LogP contribution in [0.15, 0.2) is 48.5 Å². The molecule has 5 heteroatoms. The number of amides is 1. The van der Waals surface area contributed by atoms with E-state index in [-0.39, 0.29) is 11.9 Å². The summed E-state index contributed by atoms with van der Waals surface area (Å²) < 4.78 is 0. The second-order valence-electron chi connectivity index (χ2n) is 4.71. The van der Waals surface area contributed by atoms with Crippen molar-refractivity contribution in [3.05, 3.63) is 64.1 Å². The Morgan fingerprint density at radius 3 is 1.95 bits per heavy atom. The predicted molar refractivity (Wildman–Crippen MR) is 81.1 cm³/mol. The van der Waals surface area contributed by atoms with Crippen molar-refractivity contribution >= 4 is 34.8 Å². The molecule has 1 fully saturated rings. The third-order valence-electron chi connectivity index (χ3n) is 3.46. The van der Waals surface area contributed by atoms with Crippen molar-refractivity contribution in [1.82, 2.24) is 0 Å². The molecule has 3 rings (SSSR count). The molecule has 2 atom stereocenters. The molecule has 0 unspecified atom stereocenters. The average molecular weight is 307 g/mol. The number of β-lactam (4-membered cyclic amide) rings is 1. The molecule has 1 heterocycles. The summed E-state index contributed by atoms with van der Waals surface area (Å²) in [5.74, 6) is -0.0905. The number of rotatable bonds is 2. The molecule has 0 spiro atoms. The Balaban J connectivity index is 1.95. The third-order valence-corrected chi connectivity index (χ3v) is 3.96. The maximum Gasteiger partial charge on any atom is 0.247 e. The van der Waals surface area contributed by atoms with Gasteiger partial charge in [-0.2, -0.15) is 0 Å². The van der Waals surface area contributed by atoms with Gasteiger partial charge in [-0.3, -0.25) is 4.79 Å². The van der Waals surface area contributed by atoms with Gasteiger partial charge in [0.15, 0.2) is 0 Å². The van der Waals surface area contributed by atoms with E-state index in [1.807, 2.05) is 24.3 Å². The lowest BCUT2D eigenvalue weighted by atomic mass is 9.88. The van der Waals surface area contributed by atoms with Gasteiger partial charge in [0.2, 0.25) is 5.91 Å². The molecule has 0 radical (unpaired) electrons. The van der Waals surface area contributed by atoms with Crippen molar-refractivity contribution in [2.45, 2.75) is 12.1 Å². The van der Waals surface area contributed by atoms with Crippen LogP contribution in [0.4, 0.5) is 5.69 Å². The SMILES string of the molecule is N[C@@H]1C(=O)N(c2ccc(Cl)cc2)[C@H]1c1ccc(Cl)cc1. The molecule has 1 amide bonds. The lowest BCUT2D eigenvalue weighted by molar-refractivity contribution is -0.126. The van der Waals surface area contributed by atoms with Crippen LogP contribution in [0.5, 0.6) is 0 Å². The zero-order valence-electron chi connectivity index (χ0n) is 10.5. The fourth-order valence-corrected chi connectivity index (χ4v) is 2.67. The van der Waals surface area contributed by atoms with E-state index >= 15 is 0 Å². The number of halogens is 2. The zero-order chi connectivity index (χ0) is 14.3. The molecule has 0 aromatic heterocycles. The Kier molecular flexibility index (Phi) is 3.42. The maximum absolute atomic E-state index is 12.0. The standard InChI is InChI=1S/C15H12Cl2N2O/c16-10-3-1-9(2-4-10)14-13(18)15(20)19(14)12-7-5-11(17)6-8-12/h1-8,13-14H,18H2/t13-,14-/m0/s1. The van der Waals surface area contributed by atoms with Crippen molar-refractivity contribution < 1.29 is 4.79 Å². The van der Waals surface area contributed by atoms with Crippen molar-refractivity contribution in [3.63, 3.8) is 0 Å². The molecule has 1 aliphatic rings. The molecule has 1 saturated heterocycles. The molecule has 2 N–H and O–H groups in total. The van der Waals surface area contributed by atoms with Gasteiger partial charge >= 0.3 is 0 Å². The zero-order valence-corrected chi connectivity index (χ0v) is 12.0. The molecule has 0 saturated carbocycles. The summed E-state index contributed by atoms with van der Waals surface area (Å²) in [6.07, 6.45) is 0. The minimum Gasteiger partial charge on any atom is -0.318 e. The Hall–Kier alpha value is -1.55. The number of carbonyl (C=O) groups is 1. The van der Waals surface area contributed by atoms with Gasteiger partial charge in [-0.15, -0.1) is 0 Å². The molecule has 20 heavy (non-hydrogen) atoms. The number of carbonyl (C=O) groups excluding carboxylic acids is 1. The predicted octanol–water partition coefficient (Wildman–Crippen LogP) is 3.41. The normalized spacial score (nSPS) is 21.8. The summed E-state index contributed by atoms with van der Waals surface area (Å²) in [5, 5.41) is 1.29. The highest BCUT2D eigenvalue weighted by Gasteiger charge is 2.46. The summed E-state index contributed by atoms with van der Waals surface area (Å²) in [7, 11) is 0. The van der Waals surface area contributed by atoms with Crippen molar-refractivity contribution in [2.24, 2.45) is 5.73 Å². The van der Waals surface area contributed by atoms with Crippen molar-refractivity contribution in [3.8, 4) is 0 Å². The van der Waals surface area contributed by atoms with Gasteiger partial charge in [-0.1, -0.05) is 35.3 Å². The first-order valence-electron chi connectivity index (χ1n) is 6.17. The first kappa shape index (κ1) is 13.4. The Morgan fingerprint density at radius 2 is 1.40 bits per heavy atom. The Labute approximate surface area is 126 Å². The second kappa shape index (κ2) is 5.09. The van der Waals surface area contributed by atoms with Gasteiger partial charge in [-0.25, -0.2) is 0 Å². The lowest BCUT2D eigenvalue weighted by Gasteiger charge is -2.45. The summed E-state index contributed by atoms with van der Waals surface area (Å²) >= 11 is 11.8. The summed E-state index contributed by atoms with van der Waals surface area (Å²) in [6.45, 7) is 0. The van der Waals surface area contributed by atoms with E-state index in [2.05, 4.69) is 0 Å². The monoisotopic (exact) mass is 306 g/mol. The molecule has 1 aliphatic heterocycles. The van der Waals surface area contributed by atoms with E-state index in [4.69, 9.17) is 28.9 Å². The highest BCUT2D eigenvalue weighted by atomic mass is 35.5. The third kappa shape index (κ3) is 2.18. The summed E-state index contributed by atoms with van der Waals surface area (Å²) in [6, 6.07) is 13.8. The highest BCUT2D eigenvalue weighted by molar-refractivity contribution is 6.31. The number of hydrogen-bond acceptors (Lipinski definition) is 2. The van der Waals surface area contributed by atoms with E-state index in [0.717, 1.165) is 11.3 Å². The average Bonchev–Trinajstić information content (AvgIpc) is 2.46. The molecule has 0 aliphatic carbocycles. The van der Waals surface area contributed by atoms with Crippen molar-refractivity contribution in [2.75, 3.05) is 4.90 Å². The quantitative estimate of drug-likeness (QED) is 0.864. The molecular formula is C15H12Cl2N2O. The number of benzene rings is 2. The number of nitrogens with zero attached hydrogens (tertiary/aromatic N) is 1. The van der Waals surface area contributed by atoms with Crippen LogP contribution in [0.2, 0.25) is 10.0 Å². The minimum absolute atomic E-state index is 0.0905. The smallest absolute Gasteiger partial charge is 0.247 e. The first-order chi connectivity index (χ1) is 9.58. The number of anilines is 1. The topological polar surface area (TPSA) is 46.3 Å². The van der Waals surface area contributed by atoms with Crippen LogP contribution < -0.4 is 10.6 Å². The van der Waals surface area contributed by atoms with Crippen LogP contribution in [0, 0.1) is 0 Å². The summed E-state index contributed by atoms with van der Waals surface area (Å²) in [4.78, 5) is 13.7. The van der Waals surface area contributed by atoms with Gasteiger partial charge < -0.3 is 10.6 Å². The van der Waals surface area contributed by atoms with Crippen LogP contribution in [-0.2, 0) is 4.79 Å². The van der Waals surface area contributed by atoms with E-state index in [1.165, 1.54) is 0 Å².